The summed E-state index contributed by atoms with van der Waals surface area (Å²) in [6, 6.07) is 89.9. The fraction of sp³-hybridized carbons (Fsp3) is 0.100. The highest BCUT2D eigenvalue weighted by Crippen LogP contribution is 2.56. The number of carbonyl (C=O) groups is 12. The lowest BCUT2D eigenvalue weighted by Crippen LogP contribution is -2.43. The van der Waals surface area contributed by atoms with E-state index in [1.807, 2.05) is 194 Å². The monoisotopic (exact) mass is 1850 g/mol. The fourth-order valence-corrected chi connectivity index (χ4v) is 23.8. The molecule has 6 aliphatic rings. The van der Waals surface area contributed by atoms with Crippen molar-refractivity contribution in [1.82, 2.24) is 29.4 Å². The van der Waals surface area contributed by atoms with Gasteiger partial charge in [0.25, 0.3) is 70.9 Å². The molecular weight excluding hydrogens is 1780 g/mol. The Bertz CT molecular complexity index is 8520. The van der Waals surface area contributed by atoms with Crippen molar-refractivity contribution in [3.8, 4) is 23.0 Å². The fourth-order valence-electron chi connectivity index (χ4n) is 23.8. The molecule has 0 atom stereocenters. The zero-order valence-electron chi connectivity index (χ0n) is 75.4. The minimum Gasteiger partial charge on any atom is -0.457 e. The quantitative estimate of drug-likeness (QED) is 0.0362. The third-order valence-electron chi connectivity index (χ3n) is 30.0. The van der Waals surface area contributed by atoms with Gasteiger partial charge in [-0.05, 0) is 232 Å². The summed E-state index contributed by atoms with van der Waals surface area (Å²) in [5.74, 6) is -5.16. The van der Waals surface area contributed by atoms with E-state index in [-0.39, 0.29) is 98.8 Å². The van der Waals surface area contributed by atoms with Crippen LogP contribution >= 0.6 is 0 Å². The van der Waals surface area contributed by atoms with E-state index in [0.717, 1.165) is 97.0 Å². The lowest BCUT2D eigenvalue weighted by molar-refractivity contribution is 0.0548. The first-order valence-electron chi connectivity index (χ1n) is 47.3. The number of fused-ring (bicyclic) bond motifs is 6. The molecule has 21 aromatic rings. The van der Waals surface area contributed by atoms with Crippen LogP contribution in [0.4, 0.5) is 0 Å². The van der Waals surface area contributed by atoms with Gasteiger partial charge in [0.2, 0.25) is 0 Å². The second kappa shape index (κ2) is 31.2. The van der Waals surface area contributed by atoms with Crippen LogP contribution in [-0.2, 0) is 12.8 Å². The Balaban J connectivity index is 0.492. The molecule has 142 heavy (non-hydrogen) atoms. The third-order valence-corrected chi connectivity index (χ3v) is 30.0. The SMILES string of the molecule is O=C1c2ccc3c4ccc5c6c(ccc(c7ccc(c2c37)C(=O)N1CCc1ccc(Oc2cc3c7c(ccc8c9c(Oc%10ccc(CCN%11C(=O)c%12ccc%13c%14ccc%15c%16c(ccc(c%17ccc(c%12c%13%17)C%11=O)c%16%14)C(=O)N(C(c%11ccccc%11)c%11ccccc%11)C%15=O)cc%10)cc%10c%11c(ccc(c2c78)c%119)C(=O)N(CCCO)C%10=O)C(=O)N(CCCO)C3=O)cc1)c64)C(=O)N(C(c1ccccc1)c1ccccc1)C5=O. The molecule has 0 radical (unpaired) electrons. The molecule has 21 aromatic carbocycles. The standard InChI is InChI=1S/C120H74N6O16/c127-57-13-53-121-109(129)83-50-40-78-104-92(142-68-29-25-62(26-30-68)52-56-124-113(133)81-43-33-71-75-37-47-87-100-88(48-38-76(96(75)100)72-34-44-82(114(124)134)98(81)94(71)72)120(140)126(119(87)139)108(65-19-9-3-10-20-65)66-21-11-4-12-22-66)60-90-102-84(110(130)122(116(90)136)54-14-58-128)49-39-77(106(102)104)103-91(59-89(115(121)135)101(83)105(78)103)141-67-27-23-61(24-28-67)51-55-123-111(131)79-41-31-69-73-35-45-85-99-86(46-36-74(95(73)99)70-32-42-80(112(123)132)97(79)93(69)70)118(138)125(117(85)137)107(63-15-5-1-6-16-63)64-17-7-2-8-18-64/h1-12,15-50,59-60,107-108,127-128H,13-14,51-58H2. The van der Waals surface area contributed by atoms with Gasteiger partial charge in [-0.2, -0.15) is 0 Å². The minimum absolute atomic E-state index is 0.00927. The molecule has 6 heterocycles. The lowest BCUT2D eigenvalue weighted by atomic mass is 9.81. The second-order valence-corrected chi connectivity index (χ2v) is 37.3. The van der Waals surface area contributed by atoms with Gasteiger partial charge in [-0.1, -0.05) is 206 Å². The molecular formula is C120H74N6O16. The van der Waals surface area contributed by atoms with Crippen LogP contribution in [0.2, 0.25) is 0 Å². The van der Waals surface area contributed by atoms with Crippen LogP contribution < -0.4 is 9.47 Å². The van der Waals surface area contributed by atoms with E-state index < -0.39 is 83.0 Å². The predicted molar refractivity (Wildman–Crippen MR) is 539 cm³/mol. The van der Waals surface area contributed by atoms with Crippen molar-refractivity contribution in [2.24, 2.45) is 0 Å². The Morgan fingerprint density at radius 3 is 0.669 bits per heavy atom. The molecule has 0 fully saturated rings. The average Bonchev–Trinajstić information content (AvgIpc) is 0.667. The van der Waals surface area contributed by atoms with Gasteiger partial charge in [0.1, 0.15) is 23.0 Å². The highest BCUT2D eigenvalue weighted by molar-refractivity contribution is 6.46. The van der Waals surface area contributed by atoms with Crippen LogP contribution in [0.5, 0.6) is 23.0 Å². The summed E-state index contributed by atoms with van der Waals surface area (Å²) in [7, 11) is 0. The second-order valence-electron chi connectivity index (χ2n) is 37.3. The van der Waals surface area contributed by atoms with E-state index in [4.69, 9.17) is 9.47 Å². The first-order valence-corrected chi connectivity index (χ1v) is 47.3. The highest BCUT2D eigenvalue weighted by atomic mass is 16.5. The summed E-state index contributed by atoms with van der Waals surface area (Å²) >= 11 is 0. The number of aliphatic hydroxyl groups excluding tert-OH is 2. The number of rotatable bonds is 22. The third kappa shape index (κ3) is 11.7. The van der Waals surface area contributed by atoms with Crippen LogP contribution in [-0.4, -0.2) is 150 Å². The maximum absolute atomic E-state index is 15.2. The van der Waals surface area contributed by atoms with Crippen molar-refractivity contribution >= 4 is 200 Å². The van der Waals surface area contributed by atoms with Crippen molar-refractivity contribution in [1.29, 1.82) is 0 Å². The molecule has 22 heteroatoms. The summed E-state index contributed by atoms with van der Waals surface area (Å²) in [4.78, 5) is 188. The first kappa shape index (κ1) is 83.3. The Morgan fingerprint density at radius 1 is 0.204 bits per heavy atom. The Morgan fingerprint density at radius 2 is 0.423 bits per heavy atom. The van der Waals surface area contributed by atoms with E-state index in [1.54, 1.807) is 109 Å². The normalized spacial score (nSPS) is 14.8. The van der Waals surface area contributed by atoms with Gasteiger partial charge in [0.05, 0.1) is 23.2 Å². The number of amides is 12. The molecule has 2 N–H and O–H groups in total. The molecule has 0 aliphatic carbocycles. The molecule has 0 saturated carbocycles. The van der Waals surface area contributed by atoms with Gasteiger partial charge in [0.15, 0.2) is 0 Å². The smallest absolute Gasteiger partial charge is 0.262 e. The van der Waals surface area contributed by atoms with Crippen molar-refractivity contribution in [3.63, 3.8) is 0 Å². The number of carbonyl (C=O) groups excluding carboxylic acids is 12. The number of ether oxygens (including phenoxy) is 2. The van der Waals surface area contributed by atoms with Crippen LogP contribution in [0, 0.1) is 0 Å². The Hall–Kier alpha value is -18.1. The number of hydrogen-bond donors (Lipinski definition) is 2. The van der Waals surface area contributed by atoms with Crippen molar-refractivity contribution in [3.05, 3.63) is 403 Å². The average molecular weight is 1860 g/mol. The number of hydrogen-bond acceptors (Lipinski definition) is 16. The van der Waals surface area contributed by atoms with Gasteiger partial charge in [-0.3, -0.25) is 86.9 Å². The van der Waals surface area contributed by atoms with E-state index in [2.05, 4.69) is 0 Å². The summed E-state index contributed by atoms with van der Waals surface area (Å²) in [5.41, 5.74) is 8.13. The molecule has 0 saturated heterocycles. The molecule has 22 nitrogen and oxygen atoms in total. The predicted octanol–water partition coefficient (Wildman–Crippen LogP) is 21.8. The molecule has 680 valence electrons. The van der Waals surface area contributed by atoms with Crippen molar-refractivity contribution < 1.29 is 77.2 Å². The molecule has 6 aliphatic heterocycles. The summed E-state index contributed by atoms with van der Waals surface area (Å²) < 4.78 is 14.1. The maximum atomic E-state index is 15.2. The van der Waals surface area contributed by atoms with Gasteiger partial charge >= 0.3 is 0 Å². The maximum Gasteiger partial charge on any atom is 0.262 e. The van der Waals surface area contributed by atoms with Gasteiger partial charge < -0.3 is 19.7 Å². The molecule has 12 amide bonds. The highest BCUT2D eigenvalue weighted by Gasteiger charge is 2.46. The molecule has 0 bridgehead atoms. The van der Waals surface area contributed by atoms with E-state index >= 15 is 47.9 Å². The van der Waals surface area contributed by atoms with Gasteiger partial charge in [0, 0.05) is 149 Å². The molecule has 0 unspecified atom stereocenters. The van der Waals surface area contributed by atoms with Gasteiger partial charge in [-0.15, -0.1) is 0 Å². The number of aliphatic hydroxyl groups is 2. The molecule has 0 aromatic heterocycles. The van der Waals surface area contributed by atoms with Gasteiger partial charge in [-0.25, -0.2) is 0 Å². The zero-order chi connectivity index (χ0) is 95.9. The van der Waals surface area contributed by atoms with E-state index in [9.17, 15) is 19.8 Å². The Kier molecular flexibility index (Phi) is 18.3. The Labute approximate surface area is 805 Å². The summed E-state index contributed by atoms with van der Waals surface area (Å²) in [5, 5.41) is 34.5. The number of benzene rings is 21. The largest absolute Gasteiger partial charge is 0.457 e. The van der Waals surface area contributed by atoms with Crippen LogP contribution in [0.15, 0.2) is 303 Å². The zero-order valence-corrected chi connectivity index (χ0v) is 75.4. The molecule has 0 spiro atoms. The van der Waals surface area contributed by atoms with E-state index in [1.165, 1.54) is 19.6 Å². The summed E-state index contributed by atoms with van der Waals surface area (Å²) in [6.45, 7) is -0.831. The number of imide groups is 6. The van der Waals surface area contributed by atoms with Crippen LogP contribution in [0.3, 0.4) is 0 Å². The van der Waals surface area contributed by atoms with E-state index in [0.29, 0.717) is 131 Å². The summed E-state index contributed by atoms with van der Waals surface area (Å²) in [6.07, 6.45) is 0.634. The van der Waals surface area contributed by atoms with Crippen LogP contribution in [0.1, 0.15) is 183 Å². The number of nitrogens with zero attached hydrogens (tertiary/aromatic N) is 6. The minimum atomic E-state index is -0.707. The molecule has 27 rings (SSSR count). The van der Waals surface area contributed by atoms with Crippen molar-refractivity contribution in [2.75, 3.05) is 39.4 Å². The lowest BCUT2D eigenvalue weighted by Gasteiger charge is -2.35. The topological polar surface area (TPSA) is 283 Å². The van der Waals surface area contributed by atoms with Crippen LogP contribution in [0.25, 0.3) is 129 Å². The first-order chi connectivity index (χ1) is 69.4. The van der Waals surface area contributed by atoms with Crippen molar-refractivity contribution in [2.45, 2.75) is 37.8 Å².